The van der Waals surface area contributed by atoms with Gasteiger partial charge in [-0.05, 0) is 29.7 Å². The highest BCUT2D eigenvalue weighted by Gasteiger charge is 2.43. The summed E-state index contributed by atoms with van der Waals surface area (Å²) in [6, 6.07) is 6.64. The first-order valence-corrected chi connectivity index (χ1v) is 10.6. The molecule has 0 aliphatic carbocycles. The van der Waals surface area contributed by atoms with Gasteiger partial charge in [0.2, 0.25) is 19.8 Å². The molecule has 170 valence electrons. The molecule has 1 saturated heterocycles. The van der Waals surface area contributed by atoms with Crippen molar-refractivity contribution in [3.63, 3.8) is 0 Å². The summed E-state index contributed by atoms with van der Waals surface area (Å²) in [6.45, 7) is -0.357. The number of imide groups is 1. The Labute approximate surface area is 201 Å². The second-order valence-corrected chi connectivity index (χ2v) is 8.57. The summed E-state index contributed by atoms with van der Waals surface area (Å²) in [7, 11) is 11.7. The van der Waals surface area contributed by atoms with Gasteiger partial charge in [-0.3, -0.25) is 24.5 Å². The van der Waals surface area contributed by atoms with Crippen LogP contribution in [0.1, 0.15) is 39.9 Å². The zero-order chi connectivity index (χ0) is 24.8. The number of hydrogen-bond acceptors (Lipinski definition) is 4. The monoisotopic (exact) mass is 481 g/mol. The number of fused-ring (bicyclic) bond motifs is 1. The van der Waals surface area contributed by atoms with Crippen molar-refractivity contribution in [2.45, 2.75) is 37.9 Å². The molecule has 0 spiro atoms. The van der Waals surface area contributed by atoms with Gasteiger partial charge in [-0.25, -0.2) is 0 Å². The summed E-state index contributed by atoms with van der Waals surface area (Å²) in [5.74, 6) is -6.96. The van der Waals surface area contributed by atoms with Gasteiger partial charge in [0.15, 0.2) is 0 Å². The first-order valence-electron chi connectivity index (χ1n) is 10.3. The molecule has 0 saturated carbocycles. The molecule has 1 N–H and O–H groups in total. The van der Waals surface area contributed by atoms with Crippen LogP contribution < -0.4 is 10.8 Å². The minimum atomic E-state index is -3.89. The van der Waals surface area contributed by atoms with Gasteiger partial charge in [-0.2, -0.15) is 8.78 Å². The number of rotatable bonds is 5. The van der Waals surface area contributed by atoms with Gasteiger partial charge in [-0.1, -0.05) is 41.3 Å². The van der Waals surface area contributed by atoms with Crippen LogP contribution in [-0.2, 0) is 33.4 Å². The summed E-state index contributed by atoms with van der Waals surface area (Å²) >= 11 is 5.72. The molecule has 2 aromatic rings. The maximum atomic E-state index is 14.7. The highest BCUT2D eigenvalue weighted by atomic mass is 35.5. The average Bonchev–Trinajstić information content (AvgIpc) is 3.09. The molecule has 12 heteroatoms. The number of alkyl halides is 2. The zero-order valence-corrected chi connectivity index (χ0v) is 18.4. The summed E-state index contributed by atoms with van der Waals surface area (Å²) in [5, 5.41) is 2.45. The van der Waals surface area contributed by atoms with E-state index in [1.165, 1.54) is 29.2 Å². The van der Waals surface area contributed by atoms with Crippen molar-refractivity contribution in [1.29, 1.82) is 0 Å². The third-order valence-electron chi connectivity index (χ3n) is 5.80. The molecule has 0 bridgehead atoms. The molecule has 4 amide bonds. The van der Waals surface area contributed by atoms with Crippen molar-refractivity contribution in [1.82, 2.24) is 15.0 Å². The molecule has 1 atom stereocenters. The van der Waals surface area contributed by atoms with Crippen LogP contribution in [0.25, 0.3) is 0 Å². The molecule has 34 heavy (non-hydrogen) atoms. The number of carbonyl (C=O) groups is 4. The molecule has 2 aromatic carbocycles. The van der Waals surface area contributed by atoms with E-state index in [-0.39, 0.29) is 35.4 Å². The van der Waals surface area contributed by atoms with Crippen molar-refractivity contribution in [3.8, 4) is 0 Å². The first kappa shape index (κ1) is 23.9. The first-order chi connectivity index (χ1) is 16.0. The van der Waals surface area contributed by atoms with Crippen molar-refractivity contribution in [2.24, 2.45) is 0 Å². The number of piperidine rings is 1. The van der Waals surface area contributed by atoms with Crippen molar-refractivity contribution >= 4 is 56.5 Å². The van der Waals surface area contributed by atoms with Gasteiger partial charge < -0.3 is 9.71 Å². The lowest BCUT2D eigenvalue weighted by molar-refractivity contribution is -0.154. The summed E-state index contributed by atoms with van der Waals surface area (Å²) in [5.41, 5.74) is 0.496. The van der Waals surface area contributed by atoms with Crippen LogP contribution in [0, 0.1) is 0 Å². The van der Waals surface area contributed by atoms with Crippen LogP contribution in [0.2, 0.25) is 5.02 Å². The standard InChI is InChI=1S/C22H16B2ClF2N3O4/c23-15-8-11(9-30(24)21(34)22(26,27)13-1-3-14(25)4-2-13)7-12-10-29(20(33)18(12)15)16-5-6-17(31)28-19(16)32/h1-4,7-8,16H,5-6,9-10H2,(H,28,31,32). The van der Waals surface area contributed by atoms with E-state index in [0.29, 0.717) is 15.9 Å². The van der Waals surface area contributed by atoms with Crippen molar-refractivity contribution in [3.05, 3.63) is 63.7 Å². The van der Waals surface area contributed by atoms with Crippen LogP contribution in [-0.4, -0.2) is 55.2 Å². The third-order valence-corrected chi connectivity index (χ3v) is 6.05. The molecule has 1 fully saturated rings. The van der Waals surface area contributed by atoms with E-state index < -0.39 is 47.7 Å². The Bertz CT molecular complexity index is 1210. The van der Waals surface area contributed by atoms with Crippen LogP contribution in [0.4, 0.5) is 8.78 Å². The van der Waals surface area contributed by atoms with Gasteiger partial charge >= 0.3 is 5.92 Å². The summed E-state index contributed by atoms with van der Waals surface area (Å²) in [4.78, 5) is 50.6. The number of carbonyl (C=O) groups excluding carboxylic acids is 4. The number of amides is 4. The second-order valence-electron chi connectivity index (χ2n) is 8.13. The molecule has 2 aliphatic rings. The fourth-order valence-electron chi connectivity index (χ4n) is 4.13. The third kappa shape index (κ3) is 4.32. The van der Waals surface area contributed by atoms with Gasteiger partial charge in [0.25, 0.3) is 11.8 Å². The quantitative estimate of drug-likeness (QED) is 0.512. The van der Waals surface area contributed by atoms with E-state index in [1.807, 2.05) is 0 Å². The summed E-state index contributed by atoms with van der Waals surface area (Å²) in [6.07, 6.45) is 0.283. The molecular weight excluding hydrogens is 465 g/mol. The number of benzene rings is 2. The lowest BCUT2D eigenvalue weighted by atomic mass is 9.86. The molecule has 2 heterocycles. The Morgan fingerprint density at radius 2 is 1.88 bits per heavy atom. The van der Waals surface area contributed by atoms with E-state index in [4.69, 9.17) is 27.4 Å². The van der Waals surface area contributed by atoms with Crippen LogP contribution in [0.3, 0.4) is 0 Å². The molecule has 1 unspecified atom stereocenters. The highest BCUT2D eigenvalue weighted by Crippen LogP contribution is 2.32. The Morgan fingerprint density at radius 1 is 1.21 bits per heavy atom. The smallest absolute Gasteiger partial charge is 0.348 e. The predicted molar refractivity (Wildman–Crippen MR) is 120 cm³/mol. The fourth-order valence-corrected chi connectivity index (χ4v) is 4.26. The SMILES string of the molecule is [B]c1cc(CN([B])C(=O)C(F)(F)c2ccc(Cl)cc2)cc2c1C(=O)N(C1CCC(=O)NC1=O)C2. The summed E-state index contributed by atoms with van der Waals surface area (Å²) < 4.78 is 29.3. The van der Waals surface area contributed by atoms with Crippen LogP contribution in [0.5, 0.6) is 0 Å². The van der Waals surface area contributed by atoms with E-state index in [0.717, 1.165) is 12.1 Å². The molecule has 4 rings (SSSR count). The van der Waals surface area contributed by atoms with E-state index in [2.05, 4.69) is 5.32 Å². The molecule has 0 aromatic heterocycles. The molecule has 4 radical (unpaired) electrons. The normalized spacial score (nSPS) is 18.0. The lowest BCUT2D eigenvalue weighted by Crippen LogP contribution is -2.52. The largest absolute Gasteiger partial charge is 0.387 e. The van der Waals surface area contributed by atoms with Crippen LogP contribution in [0.15, 0.2) is 36.4 Å². The minimum absolute atomic E-state index is 0.0396. The lowest BCUT2D eigenvalue weighted by Gasteiger charge is -2.29. The Kier molecular flexibility index (Phi) is 6.24. The maximum Gasteiger partial charge on any atom is 0.348 e. The Morgan fingerprint density at radius 3 is 2.53 bits per heavy atom. The average molecular weight is 481 g/mol. The zero-order valence-electron chi connectivity index (χ0n) is 17.7. The van der Waals surface area contributed by atoms with Crippen molar-refractivity contribution < 1.29 is 28.0 Å². The van der Waals surface area contributed by atoms with E-state index in [9.17, 15) is 28.0 Å². The van der Waals surface area contributed by atoms with Crippen molar-refractivity contribution in [2.75, 3.05) is 0 Å². The fraction of sp³-hybridized carbons (Fsp3) is 0.273. The van der Waals surface area contributed by atoms with Gasteiger partial charge in [-0.15, -0.1) is 0 Å². The minimum Gasteiger partial charge on any atom is -0.387 e. The predicted octanol–water partition coefficient (Wildman–Crippen LogP) is 1.10. The van der Waals surface area contributed by atoms with Gasteiger partial charge in [0, 0.05) is 35.7 Å². The maximum absolute atomic E-state index is 14.7. The Balaban J connectivity index is 1.52. The van der Waals surface area contributed by atoms with Gasteiger partial charge in [0.05, 0.1) is 0 Å². The number of nitrogens with one attached hydrogen (secondary N) is 1. The number of halogens is 3. The Hall–Kier alpha value is -3.20. The topological polar surface area (TPSA) is 86.8 Å². The molecule has 2 aliphatic heterocycles. The van der Waals surface area contributed by atoms with Gasteiger partial charge in [0.1, 0.15) is 13.9 Å². The highest BCUT2D eigenvalue weighted by molar-refractivity contribution is 6.37. The molecule has 7 nitrogen and oxygen atoms in total. The number of nitrogens with zero attached hydrogens (tertiary/aromatic N) is 2. The number of hydrogen-bond donors (Lipinski definition) is 1. The van der Waals surface area contributed by atoms with E-state index >= 15 is 0 Å². The second kappa shape index (κ2) is 8.87. The van der Waals surface area contributed by atoms with Crippen LogP contribution >= 0.6 is 11.6 Å². The molecular formula is C22H16B2ClF2N3O4. The van der Waals surface area contributed by atoms with E-state index in [1.54, 1.807) is 0 Å².